The lowest BCUT2D eigenvalue weighted by Gasteiger charge is -2.32. The first kappa shape index (κ1) is 15.5. The molecular weight excluding hydrogens is 326 g/mol. The van der Waals surface area contributed by atoms with E-state index in [1.165, 1.54) is 12.8 Å². The summed E-state index contributed by atoms with van der Waals surface area (Å²) in [7, 11) is 0. The second-order valence-electron chi connectivity index (χ2n) is 7.11. The summed E-state index contributed by atoms with van der Waals surface area (Å²) in [5.74, 6) is 1.48. The number of pyridine rings is 1. The number of aromatic nitrogens is 3. The van der Waals surface area contributed by atoms with Gasteiger partial charge >= 0.3 is 0 Å². The van der Waals surface area contributed by atoms with Crippen molar-refractivity contribution in [2.24, 2.45) is 0 Å². The summed E-state index contributed by atoms with van der Waals surface area (Å²) in [5, 5.41) is 0.605. The van der Waals surface area contributed by atoms with Gasteiger partial charge in [0.15, 0.2) is 0 Å². The molecule has 3 aromatic rings. The third kappa shape index (κ3) is 2.66. The van der Waals surface area contributed by atoms with Crippen LogP contribution in [0, 0.1) is 0 Å². The van der Waals surface area contributed by atoms with Crippen LogP contribution in [0.3, 0.4) is 0 Å². The molecule has 0 saturated carbocycles. The fraction of sp³-hybridized carbons (Fsp3) is 0.350. The molecule has 0 spiro atoms. The SMILES string of the molecule is O=c1[nH]c(-c2ccccc2)nc2cnc(N3CCN4CCC3CC4)cc12. The summed E-state index contributed by atoms with van der Waals surface area (Å²) in [6.45, 7) is 4.36. The van der Waals surface area contributed by atoms with Gasteiger partial charge in [0.2, 0.25) is 0 Å². The number of hydrogen-bond donors (Lipinski definition) is 1. The number of H-pyrrole nitrogens is 1. The number of rotatable bonds is 2. The van der Waals surface area contributed by atoms with E-state index in [2.05, 4.69) is 24.8 Å². The molecule has 132 valence electrons. The third-order valence-corrected chi connectivity index (χ3v) is 5.57. The number of nitrogens with one attached hydrogen (secondary N) is 1. The Labute approximate surface area is 151 Å². The molecule has 0 radical (unpaired) electrons. The minimum atomic E-state index is -0.111. The van der Waals surface area contributed by atoms with Crippen molar-refractivity contribution in [2.75, 3.05) is 31.1 Å². The van der Waals surface area contributed by atoms with Gasteiger partial charge in [-0.1, -0.05) is 30.3 Å². The summed E-state index contributed by atoms with van der Waals surface area (Å²) in [5.41, 5.74) is 1.42. The third-order valence-electron chi connectivity index (χ3n) is 5.57. The zero-order chi connectivity index (χ0) is 17.5. The average molecular weight is 347 g/mol. The smallest absolute Gasteiger partial charge is 0.259 e. The van der Waals surface area contributed by atoms with E-state index in [9.17, 15) is 4.79 Å². The number of aromatic amines is 1. The summed E-state index contributed by atoms with van der Waals surface area (Å²) in [6.07, 6.45) is 4.08. The van der Waals surface area contributed by atoms with Gasteiger partial charge in [-0.2, -0.15) is 0 Å². The molecular formula is C20H21N5O. The van der Waals surface area contributed by atoms with Gasteiger partial charge < -0.3 is 14.8 Å². The van der Waals surface area contributed by atoms with Crippen LogP contribution >= 0.6 is 0 Å². The number of piperidine rings is 1. The predicted molar refractivity (Wildman–Crippen MR) is 102 cm³/mol. The molecule has 3 saturated heterocycles. The van der Waals surface area contributed by atoms with Crippen LogP contribution in [-0.2, 0) is 0 Å². The van der Waals surface area contributed by atoms with Crippen LogP contribution in [0.2, 0.25) is 0 Å². The van der Waals surface area contributed by atoms with Crippen LogP contribution in [0.5, 0.6) is 0 Å². The molecule has 0 amide bonds. The van der Waals surface area contributed by atoms with Crippen molar-refractivity contribution in [3.05, 3.63) is 52.9 Å². The zero-order valence-electron chi connectivity index (χ0n) is 14.6. The van der Waals surface area contributed by atoms with Gasteiger partial charge in [-0.3, -0.25) is 4.79 Å². The molecule has 2 bridgehead atoms. The van der Waals surface area contributed by atoms with Crippen molar-refractivity contribution < 1.29 is 0 Å². The van der Waals surface area contributed by atoms with E-state index in [1.807, 2.05) is 36.4 Å². The molecule has 26 heavy (non-hydrogen) atoms. The molecule has 6 rings (SSSR count). The van der Waals surface area contributed by atoms with Gasteiger partial charge in [0, 0.05) is 37.8 Å². The summed E-state index contributed by atoms with van der Waals surface area (Å²) >= 11 is 0. The topological polar surface area (TPSA) is 65.1 Å². The van der Waals surface area contributed by atoms with E-state index in [-0.39, 0.29) is 5.56 Å². The maximum absolute atomic E-state index is 12.7. The molecule has 6 nitrogen and oxygen atoms in total. The van der Waals surface area contributed by atoms with Crippen molar-refractivity contribution in [1.29, 1.82) is 0 Å². The molecule has 3 aliphatic rings. The molecule has 1 aromatic carbocycles. The van der Waals surface area contributed by atoms with Crippen LogP contribution in [0.4, 0.5) is 5.82 Å². The molecule has 5 heterocycles. The van der Waals surface area contributed by atoms with E-state index in [1.54, 1.807) is 6.20 Å². The van der Waals surface area contributed by atoms with Crippen molar-refractivity contribution in [3.63, 3.8) is 0 Å². The summed E-state index contributed by atoms with van der Waals surface area (Å²) in [6, 6.07) is 12.1. The quantitative estimate of drug-likeness (QED) is 0.770. The van der Waals surface area contributed by atoms with Crippen LogP contribution in [-0.4, -0.2) is 52.1 Å². The van der Waals surface area contributed by atoms with Crippen molar-refractivity contribution in [3.8, 4) is 11.4 Å². The first-order valence-electron chi connectivity index (χ1n) is 9.22. The van der Waals surface area contributed by atoms with Crippen LogP contribution < -0.4 is 10.5 Å². The molecule has 0 unspecified atom stereocenters. The average Bonchev–Trinajstić information content (AvgIpc) is 3.02. The lowest BCUT2D eigenvalue weighted by molar-refractivity contribution is 0.250. The maximum Gasteiger partial charge on any atom is 0.259 e. The van der Waals surface area contributed by atoms with Gasteiger partial charge in [-0.15, -0.1) is 0 Å². The van der Waals surface area contributed by atoms with E-state index in [0.717, 1.165) is 37.6 Å². The first-order chi connectivity index (χ1) is 12.8. The molecule has 2 aromatic heterocycles. The van der Waals surface area contributed by atoms with Crippen molar-refractivity contribution in [1.82, 2.24) is 19.9 Å². The second-order valence-corrected chi connectivity index (χ2v) is 7.11. The first-order valence-corrected chi connectivity index (χ1v) is 9.22. The molecule has 6 heteroatoms. The fourth-order valence-corrected chi connectivity index (χ4v) is 4.11. The maximum atomic E-state index is 12.7. The molecule has 1 N–H and O–H groups in total. The molecule has 0 atom stereocenters. The zero-order valence-corrected chi connectivity index (χ0v) is 14.6. The minimum Gasteiger partial charge on any atom is -0.352 e. The Morgan fingerprint density at radius 2 is 1.85 bits per heavy atom. The lowest BCUT2D eigenvalue weighted by Crippen LogP contribution is -2.38. The van der Waals surface area contributed by atoms with Gasteiger partial charge in [0.1, 0.15) is 11.6 Å². The Balaban J connectivity index is 1.56. The molecule has 3 aliphatic heterocycles. The molecule has 0 aliphatic carbocycles. The van der Waals surface area contributed by atoms with E-state index >= 15 is 0 Å². The summed E-state index contributed by atoms with van der Waals surface area (Å²) < 4.78 is 0. The highest BCUT2D eigenvalue weighted by atomic mass is 16.1. The van der Waals surface area contributed by atoms with Gasteiger partial charge in [-0.05, 0) is 18.9 Å². The Hall–Kier alpha value is -2.73. The van der Waals surface area contributed by atoms with Crippen molar-refractivity contribution in [2.45, 2.75) is 18.9 Å². The Kier molecular flexibility index (Phi) is 3.71. The largest absolute Gasteiger partial charge is 0.352 e. The summed E-state index contributed by atoms with van der Waals surface area (Å²) in [4.78, 5) is 29.8. The van der Waals surface area contributed by atoms with Gasteiger partial charge in [-0.25, -0.2) is 9.97 Å². The number of hydrogen-bond acceptors (Lipinski definition) is 5. The van der Waals surface area contributed by atoms with E-state index in [0.29, 0.717) is 22.8 Å². The van der Waals surface area contributed by atoms with Crippen LogP contribution in [0.1, 0.15) is 12.8 Å². The Morgan fingerprint density at radius 1 is 1.04 bits per heavy atom. The number of fused-ring (bicyclic) bond motifs is 5. The van der Waals surface area contributed by atoms with Crippen molar-refractivity contribution >= 4 is 16.7 Å². The lowest BCUT2D eigenvalue weighted by atomic mass is 10.1. The van der Waals surface area contributed by atoms with E-state index < -0.39 is 0 Å². The Morgan fingerprint density at radius 3 is 2.65 bits per heavy atom. The van der Waals surface area contributed by atoms with Gasteiger partial charge in [0.05, 0.1) is 17.1 Å². The van der Waals surface area contributed by atoms with E-state index in [4.69, 9.17) is 0 Å². The number of benzene rings is 1. The highest BCUT2D eigenvalue weighted by Gasteiger charge is 2.29. The van der Waals surface area contributed by atoms with Crippen LogP contribution in [0.15, 0.2) is 47.4 Å². The Bertz CT molecular complexity index is 992. The monoisotopic (exact) mass is 347 g/mol. The minimum absolute atomic E-state index is 0.111. The van der Waals surface area contributed by atoms with Crippen LogP contribution in [0.25, 0.3) is 22.3 Å². The fourth-order valence-electron chi connectivity index (χ4n) is 4.11. The predicted octanol–water partition coefficient (Wildman–Crippen LogP) is 2.27. The highest BCUT2D eigenvalue weighted by molar-refractivity contribution is 5.81. The highest BCUT2D eigenvalue weighted by Crippen LogP contribution is 2.26. The van der Waals surface area contributed by atoms with Gasteiger partial charge in [0.25, 0.3) is 5.56 Å². The normalized spacial score (nSPS) is 22.5. The molecule has 3 fully saturated rings. The standard InChI is InChI=1S/C20H21N5O/c26-20-16-12-18(25-11-10-24-8-6-15(25)7-9-24)21-13-17(16)22-19(23-20)14-4-2-1-3-5-14/h1-5,12-13,15H,6-11H2,(H,22,23,26). The second kappa shape index (κ2) is 6.21. The number of nitrogens with zero attached hydrogens (tertiary/aromatic N) is 4. The number of anilines is 1.